The van der Waals surface area contributed by atoms with Gasteiger partial charge in [-0.3, -0.25) is 4.79 Å². The summed E-state index contributed by atoms with van der Waals surface area (Å²) in [6.45, 7) is 3.08. The molecule has 1 heterocycles. The molecule has 150 valence electrons. The summed E-state index contributed by atoms with van der Waals surface area (Å²) in [6, 6.07) is 0.445. The topological polar surface area (TPSA) is 53.6 Å². The summed E-state index contributed by atoms with van der Waals surface area (Å²) >= 11 is 0. The number of rotatable bonds is 7. The summed E-state index contributed by atoms with van der Waals surface area (Å²) < 4.78 is 5.38. The van der Waals surface area contributed by atoms with Crippen molar-refractivity contribution in [2.24, 2.45) is 11.3 Å². The van der Waals surface area contributed by atoms with E-state index < -0.39 is 0 Å². The Kier molecular flexibility index (Phi) is 12.3. The molecule has 0 aromatic rings. The third kappa shape index (κ3) is 6.87. The zero-order valence-electron chi connectivity index (χ0n) is 16.0. The van der Waals surface area contributed by atoms with Crippen LogP contribution < -0.4 is 10.6 Å². The Morgan fingerprint density at radius 1 is 1.20 bits per heavy atom. The quantitative estimate of drug-likeness (QED) is 0.692. The predicted octanol–water partition coefficient (Wildman–Crippen LogP) is 2.47. The molecule has 1 saturated heterocycles. The second-order valence-corrected chi connectivity index (χ2v) is 7.60. The lowest BCUT2D eigenvalue weighted by molar-refractivity contribution is -0.136. The highest BCUT2D eigenvalue weighted by atomic mass is 35.5. The molecular weight excluding hydrogens is 361 g/mol. The average molecular weight is 398 g/mol. The first-order chi connectivity index (χ1) is 11.1. The number of carbonyl (C=O) groups is 1. The standard InChI is InChI=1S/C18H35N3O2.2ClH/c1-21(2)16(15-7-5-4-6-8-15)13-20-17(22)18(14-23-3)9-11-19-12-10-18;;/h15-16,19H,4-14H2,1-3H3,(H,20,22);2*1H. The number of piperidine rings is 1. The number of hydrogen-bond donors (Lipinski definition) is 2. The summed E-state index contributed by atoms with van der Waals surface area (Å²) in [5, 5.41) is 6.61. The molecule has 2 aliphatic rings. The third-order valence-corrected chi connectivity index (χ3v) is 5.79. The van der Waals surface area contributed by atoms with Crippen molar-refractivity contribution in [2.75, 3.05) is 47.4 Å². The summed E-state index contributed by atoms with van der Waals surface area (Å²) in [7, 11) is 5.98. The first-order valence-electron chi connectivity index (χ1n) is 9.23. The molecule has 5 nitrogen and oxygen atoms in total. The van der Waals surface area contributed by atoms with Gasteiger partial charge in [0.1, 0.15) is 0 Å². The highest BCUT2D eigenvalue weighted by molar-refractivity contribution is 5.85. The number of likely N-dealkylation sites (N-methyl/N-ethyl adjacent to an activating group) is 1. The van der Waals surface area contributed by atoms with Crippen LogP contribution in [0.4, 0.5) is 0 Å². The molecule has 0 aromatic carbocycles. The molecule has 25 heavy (non-hydrogen) atoms. The van der Waals surface area contributed by atoms with Crippen LogP contribution in [-0.4, -0.2) is 64.3 Å². The van der Waals surface area contributed by atoms with Crippen molar-refractivity contribution in [3.05, 3.63) is 0 Å². The largest absolute Gasteiger partial charge is 0.384 e. The maximum absolute atomic E-state index is 12.9. The first-order valence-corrected chi connectivity index (χ1v) is 9.23. The Hall–Kier alpha value is -0.0700. The molecule has 2 fully saturated rings. The van der Waals surface area contributed by atoms with E-state index in [0.717, 1.165) is 32.5 Å². The van der Waals surface area contributed by atoms with Crippen molar-refractivity contribution in [1.29, 1.82) is 0 Å². The molecule has 1 atom stereocenters. The van der Waals surface area contributed by atoms with Gasteiger partial charge in [-0.2, -0.15) is 0 Å². The van der Waals surface area contributed by atoms with Crippen LogP contribution in [0.15, 0.2) is 0 Å². The van der Waals surface area contributed by atoms with Crippen LogP contribution in [-0.2, 0) is 9.53 Å². The van der Waals surface area contributed by atoms with E-state index in [1.54, 1.807) is 7.11 Å². The number of nitrogens with zero attached hydrogens (tertiary/aromatic N) is 1. The zero-order chi connectivity index (χ0) is 16.7. The SMILES string of the molecule is COCC1(C(=O)NCC(C2CCCCC2)N(C)C)CCNCC1.Cl.Cl. The van der Waals surface area contributed by atoms with Crippen molar-refractivity contribution >= 4 is 30.7 Å². The van der Waals surface area contributed by atoms with Gasteiger partial charge in [0.15, 0.2) is 0 Å². The van der Waals surface area contributed by atoms with E-state index in [1.807, 2.05) is 0 Å². The maximum atomic E-state index is 12.9. The predicted molar refractivity (Wildman–Crippen MR) is 108 cm³/mol. The second kappa shape index (κ2) is 12.3. The number of halogens is 2. The molecule has 1 aliphatic carbocycles. The summed E-state index contributed by atoms with van der Waals surface area (Å²) in [4.78, 5) is 15.2. The first kappa shape index (κ1) is 24.9. The Bertz CT molecular complexity index is 366. The van der Waals surface area contributed by atoms with E-state index in [-0.39, 0.29) is 36.1 Å². The van der Waals surface area contributed by atoms with E-state index in [9.17, 15) is 4.79 Å². The number of ether oxygens (including phenoxy) is 1. The van der Waals surface area contributed by atoms with Crippen LogP contribution >= 0.6 is 24.8 Å². The van der Waals surface area contributed by atoms with Crippen LogP contribution in [0, 0.1) is 11.3 Å². The molecule has 0 bridgehead atoms. The van der Waals surface area contributed by atoms with E-state index >= 15 is 0 Å². The third-order valence-electron chi connectivity index (χ3n) is 5.79. The van der Waals surface area contributed by atoms with Gasteiger partial charge in [-0.05, 0) is 58.8 Å². The monoisotopic (exact) mass is 397 g/mol. The molecule has 1 aliphatic heterocycles. The fourth-order valence-electron chi connectivity index (χ4n) is 4.29. The van der Waals surface area contributed by atoms with Crippen molar-refractivity contribution in [3.8, 4) is 0 Å². The highest BCUT2D eigenvalue weighted by Crippen LogP contribution is 2.31. The minimum absolute atomic E-state index is 0. The number of nitrogens with one attached hydrogen (secondary N) is 2. The van der Waals surface area contributed by atoms with Crippen LogP contribution in [0.3, 0.4) is 0 Å². The van der Waals surface area contributed by atoms with Gasteiger partial charge in [0, 0.05) is 19.7 Å². The Balaban J connectivity index is 0.00000288. The second-order valence-electron chi connectivity index (χ2n) is 7.60. The van der Waals surface area contributed by atoms with Gasteiger partial charge in [-0.15, -0.1) is 24.8 Å². The molecule has 1 unspecified atom stereocenters. The van der Waals surface area contributed by atoms with Crippen LogP contribution in [0.1, 0.15) is 44.9 Å². The molecular formula is C18H37Cl2N3O2. The Morgan fingerprint density at radius 2 is 1.80 bits per heavy atom. The van der Waals surface area contributed by atoms with Gasteiger partial charge in [-0.25, -0.2) is 0 Å². The number of methoxy groups -OCH3 is 1. The summed E-state index contributed by atoms with van der Waals surface area (Å²) in [5.74, 6) is 0.897. The van der Waals surface area contributed by atoms with E-state index in [4.69, 9.17) is 4.74 Å². The summed E-state index contributed by atoms with van der Waals surface area (Å²) in [5.41, 5.74) is -0.344. The van der Waals surface area contributed by atoms with Crippen LogP contribution in [0.25, 0.3) is 0 Å². The number of hydrogen-bond acceptors (Lipinski definition) is 4. The van der Waals surface area contributed by atoms with Crippen molar-refractivity contribution in [2.45, 2.75) is 51.0 Å². The highest BCUT2D eigenvalue weighted by Gasteiger charge is 2.40. The van der Waals surface area contributed by atoms with Gasteiger partial charge in [0.25, 0.3) is 0 Å². The zero-order valence-corrected chi connectivity index (χ0v) is 17.6. The maximum Gasteiger partial charge on any atom is 0.228 e. The molecule has 0 aromatic heterocycles. The van der Waals surface area contributed by atoms with E-state index in [2.05, 4.69) is 29.6 Å². The smallest absolute Gasteiger partial charge is 0.228 e. The Morgan fingerprint density at radius 3 is 2.32 bits per heavy atom. The van der Waals surface area contributed by atoms with Crippen molar-refractivity contribution in [1.82, 2.24) is 15.5 Å². The van der Waals surface area contributed by atoms with Crippen molar-refractivity contribution < 1.29 is 9.53 Å². The lowest BCUT2D eigenvalue weighted by atomic mass is 9.78. The van der Waals surface area contributed by atoms with Gasteiger partial charge in [0.05, 0.1) is 12.0 Å². The Labute approximate surface area is 165 Å². The lowest BCUT2D eigenvalue weighted by Crippen LogP contribution is -2.53. The molecule has 2 rings (SSSR count). The van der Waals surface area contributed by atoms with Crippen LogP contribution in [0.2, 0.25) is 0 Å². The van der Waals surface area contributed by atoms with E-state index in [1.165, 1.54) is 32.1 Å². The van der Waals surface area contributed by atoms with Gasteiger partial charge < -0.3 is 20.3 Å². The molecule has 2 N–H and O–H groups in total. The summed E-state index contributed by atoms with van der Waals surface area (Å²) in [6.07, 6.45) is 8.36. The number of carbonyl (C=O) groups excluding carboxylic acids is 1. The molecule has 1 saturated carbocycles. The molecule has 1 amide bonds. The number of amides is 1. The molecule has 0 radical (unpaired) electrons. The fraction of sp³-hybridized carbons (Fsp3) is 0.944. The van der Waals surface area contributed by atoms with Gasteiger partial charge in [-0.1, -0.05) is 19.3 Å². The van der Waals surface area contributed by atoms with E-state index in [0.29, 0.717) is 18.6 Å². The normalized spacial score (nSPS) is 21.8. The van der Waals surface area contributed by atoms with Gasteiger partial charge in [0.2, 0.25) is 5.91 Å². The minimum Gasteiger partial charge on any atom is -0.384 e. The fourth-order valence-corrected chi connectivity index (χ4v) is 4.29. The average Bonchev–Trinajstić information content (AvgIpc) is 2.56. The lowest BCUT2D eigenvalue weighted by Gasteiger charge is -2.38. The van der Waals surface area contributed by atoms with Crippen LogP contribution in [0.5, 0.6) is 0 Å². The molecule has 0 spiro atoms. The minimum atomic E-state index is -0.344. The molecule has 7 heteroatoms. The van der Waals surface area contributed by atoms with Crippen molar-refractivity contribution in [3.63, 3.8) is 0 Å². The van der Waals surface area contributed by atoms with Gasteiger partial charge >= 0.3 is 0 Å².